The lowest BCUT2D eigenvalue weighted by Gasteiger charge is -2.13. The van der Waals surface area contributed by atoms with Crippen LogP contribution in [0.3, 0.4) is 0 Å². The van der Waals surface area contributed by atoms with Crippen LogP contribution in [0.2, 0.25) is 6.82 Å². The summed E-state index contributed by atoms with van der Waals surface area (Å²) in [6.07, 6.45) is 2.54. The summed E-state index contributed by atoms with van der Waals surface area (Å²) in [5, 5.41) is 11.9. The molecule has 70 valence electrons. The normalized spacial score (nSPS) is 29.2. The molecule has 1 aliphatic heterocycles. The predicted molar refractivity (Wildman–Crippen MR) is 48.8 cm³/mol. The molecule has 0 aromatic heterocycles. The maximum absolute atomic E-state index is 8.94. The van der Waals surface area contributed by atoms with Crippen molar-refractivity contribution in [1.29, 1.82) is 0 Å². The van der Waals surface area contributed by atoms with Crippen molar-refractivity contribution in [3.8, 4) is 0 Å². The second-order valence-corrected chi connectivity index (χ2v) is 3.28. The molecule has 0 saturated carbocycles. The Hall–Kier alpha value is -0.0951. The smallest absolute Gasteiger partial charge is 0.373 e. The van der Waals surface area contributed by atoms with E-state index in [1.54, 1.807) is 6.82 Å². The van der Waals surface area contributed by atoms with Crippen LogP contribution in [0.15, 0.2) is 0 Å². The fraction of sp³-hybridized carbons (Fsp3) is 1.00. The van der Waals surface area contributed by atoms with Crippen LogP contribution in [0.5, 0.6) is 0 Å². The van der Waals surface area contributed by atoms with E-state index in [0.717, 1.165) is 12.8 Å². The SMILES string of the molecule is CB(O)NCC1CCC(CN)O1. The molecule has 0 aliphatic carbocycles. The highest BCUT2D eigenvalue weighted by Gasteiger charge is 2.23. The van der Waals surface area contributed by atoms with Gasteiger partial charge in [-0.1, -0.05) is 0 Å². The largest absolute Gasteiger partial charge is 0.437 e. The number of hydrogen-bond acceptors (Lipinski definition) is 4. The van der Waals surface area contributed by atoms with Gasteiger partial charge in [0.25, 0.3) is 0 Å². The predicted octanol–water partition coefficient (Wildman–Crippen LogP) is -0.807. The van der Waals surface area contributed by atoms with Gasteiger partial charge in [-0.15, -0.1) is 0 Å². The Morgan fingerprint density at radius 1 is 1.58 bits per heavy atom. The quantitative estimate of drug-likeness (QED) is 0.485. The molecule has 12 heavy (non-hydrogen) atoms. The lowest BCUT2D eigenvalue weighted by molar-refractivity contribution is 0.0528. The standard InChI is InChI=1S/C7H17BN2O2/c1-8(11)10-5-7-3-2-6(4-9)12-7/h6-7,10-11H,2-5,9H2,1H3. The molecule has 0 radical (unpaired) electrons. The Bertz CT molecular complexity index is 135. The van der Waals surface area contributed by atoms with Crippen molar-refractivity contribution in [3.63, 3.8) is 0 Å². The maximum atomic E-state index is 8.94. The van der Waals surface area contributed by atoms with Gasteiger partial charge in [0.05, 0.1) is 12.2 Å². The van der Waals surface area contributed by atoms with Crippen LogP contribution >= 0.6 is 0 Å². The van der Waals surface area contributed by atoms with Crippen molar-refractivity contribution < 1.29 is 9.76 Å². The fourth-order valence-electron chi connectivity index (χ4n) is 1.41. The Labute approximate surface area is 73.6 Å². The number of hydrogen-bond donors (Lipinski definition) is 3. The first kappa shape index (κ1) is 9.99. The van der Waals surface area contributed by atoms with E-state index in [1.165, 1.54) is 0 Å². The fourth-order valence-corrected chi connectivity index (χ4v) is 1.41. The van der Waals surface area contributed by atoms with Crippen molar-refractivity contribution in [2.24, 2.45) is 5.73 Å². The molecule has 5 heteroatoms. The van der Waals surface area contributed by atoms with Crippen LogP contribution < -0.4 is 11.0 Å². The average molecular weight is 172 g/mol. The molecule has 4 N–H and O–H groups in total. The van der Waals surface area contributed by atoms with E-state index in [-0.39, 0.29) is 12.2 Å². The molecule has 0 spiro atoms. The molecular formula is C7H17BN2O2. The number of ether oxygens (including phenoxy) is 1. The molecule has 4 nitrogen and oxygen atoms in total. The van der Waals surface area contributed by atoms with Crippen LogP contribution in [0.4, 0.5) is 0 Å². The first-order valence-corrected chi connectivity index (χ1v) is 4.49. The topological polar surface area (TPSA) is 67.5 Å². The van der Waals surface area contributed by atoms with Gasteiger partial charge in [-0.2, -0.15) is 0 Å². The Morgan fingerprint density at radius 2 is 2.25 bits per heavy atom. The molecule has 1 aliphatic rings. The summed E-state index contributed by atoms with van der Waals surface area (Å²) < 4.78 is 5.56. The molecule has 1 saturated heterocycles. The molecule has 2 unspecified atom stereocenters. The molecule has 1 heterocycles. The van der Waals surface area contributed by atoms with E-state index < -0.39 is 7.05 Å². The van der Waals surface area contributed by atoms with E-state index in [9.17, 15) is 0 Å². The molecule has 0 aromatic carbocycles. The monoisotopic (exact) mass is 172 g/mol. The van der Waals surface area contributed by atoms with E-state index in [2.05, 4.69) is 5.23 Å². The minimum absolute atomic E-state index is 0.228. The minimum Gasteiger partial charge on any atom is -0.437 e. The maximum Gasteiger partial charge on any atom is 0.373 e. The van der Waals surface area contributed by atoms with E-state index in [0.29, 0.717) is 13.1 Å². The van der Waals surface area contributed by atoms with Gasteiger partial charge in [0.15, 0.2) is 0 Å². The minimum atomic E-state index is -0.453. The van der Waals surface area contributed by atoms with Gasteiger partial charge in [0, 0.05) is 13.1 Å². The van der Waals surface area contributed by atoms with E-state index >= 15 is 0 Å². The number of nitrogens with one attached hydrogen (secondary N) is 1. The summed E-state index contributed by atoms with van der Waals surface area (Å²) in [6, 6.07) is 0. The van der Waals surface area contributed by atoms with Gasteiger partial charge >= 0.3 is 7.05 Å². The second-order valence-electron chi connectivity index (χ2n) is 3.28. The van der Waals surface area contributed by atoms with Crippen molar-refractivity contribution in [1.82, 2.24) is 5.23 Å². The van der Waals surface area contributed by atoms with Gasteiger partial charge < -0.3 is 20.7 Å². The first-order chi connectivity index (χ1) is 5.72. The Morgan fingerprint density at radius 3 is 2.75 bits per heavy atom. The van der Waals surface area contributed by atoms with Gasteiger partial charge in [-0.05, 0) is 19.7 Å². The van der Waals surface area contributed by atoms with Crippen LogP contribution in [0, 0.1) is 0 Å². The van der Waals surface area contributed by atoms with E-state index in [1.807, 2.05) is 0 Å². The third-order valence-electron chi connectivity index (χ3n) is 2.10. The summed E-state index contributed by atoms with van der Waals surface area (Å²) in [4.78, 5) is 0. The first-order valence-electron chi connectivity index (χ1n) is 4.49. The highest BCUT2D eigenvalue weighted by Crippen LogP contribution is 2.17. The zero-order valence-corrected chi connectivity index (χ0v) is 7.49. The highest BCUT2D eigenvalue weighted by atomic mass is 16.5. The van der Waals surface area contributed by atoms with Gasteiger partial charge in [-0.3, -0.25) is 0 Å². The number of nitrogens with two attached hydrogens (primary N) is 1. The van der Waals surface area contributed by atoms with Crippen LogP contribution in [0.25, 0.3) is 0 Å². The molecule has 0 aromatic rings. The molecule has 2 atom stereocenters. The molecule has 0 amide bonds. The van der Waals surface area contributed by atoms with Crippen molar-refractivity contribution >= 4 is 7.05 Å². The second kappa shape index (κ2) is 4.82. The van der Waals surface area contributed by atoms with Gasteiger partial charge in [0.1, 0.15) is 0 Å². The third kappa shape index (κ3) is 3.10. The molecule has 1 fully saturated rings. The third-order valence-corrected chi connectivity index (χ3v) is 2.10. The van der Waals surface area contributed by atoms with Crippen molar-refractivity contribution in [2.45, 2.75) is 31.9 Å². The van der Waals surface area contributed by atoms with Crippen molar-refractivity contribution in [3.05, 3.63) is 0 Å². The summed E-state index contributed by atoms with van der Waals surface area (Å²) >= 11 is 0. The zero-order chi connectivity index (χ0) is 8.97. The highest BCUT2D eigenvalue weighted by molar-refractivity contribution is 6.45. The lowest BCUT2D eigenvalue weighted by Crippen LogP contribution is -2.37. The summed E-state index contributed by atoms with van der Waals surface area (Å²) in [7, 11) is -0.453. The van der Waals surface area contributed by atoms with Gasteiger partial charge in [-0.25, -0.2) is 0 Å². The van der Waals surface area contributed by atoms with Crippen LogP contribution in [-0.4, -0.2) is 37.4 Å². The average Bonchev–Trinajstić information content (AvgIpc) is 2.48. The summed E-state index contributed by atoms with van der Waals surface area (Å²) in [5.41, 5.74) is 5.46. The van der Waals surface area contributed by atoms with Crippen LogP contribution in [-0.2, 0) is 4.74 Å². The van der Waals surface area contributed by atoms with Gasteiger partial charge in [0.2, 0.25) is 0 Å². The van der Waals surface area contributed by atoms with Crippen LogP contribution in [0.1, 0.15) is 12.8 Å². The number of rotatable bonds is 4. The summed E-state index contributed by atoms with van der Waals surface area (Å²) in [5.74, 6) is 0. The van der Waals surface area contributed by atoms with E-state index in [4.69, 9.17) is 15.5 Å². The Balaban J connectivity index is 2.11. The lowest BCUT2D eigenvalue weighted by atomic mass is 9.88. The summed E-state index contributed by atoms with van der Waals surface area (Å²) in [6.45, 7) is 3.02. The molecule has 1 rings (SSSR count). The zero-order valence-electron chi connectivity index (χ0n) is 7.49. The van der Waals surface area contributed by atoms with Crippen molar-refractivity contribution in [2.75, 3.05) is 13.1 Å². The Kier molecular flexibility index (Phi) is 4.01. The molecular weight excluding hydrogens is 155 g/mol. The molecule has 0 bridgehead atoms.